The van der Waals surface area contributed by atoms with Crippen LogP contribution in [0.5, 0.6) is 0 Å². The number of rotatable bonds is 5. The fourth-order valence-corrected chi connectivity index (χ4v) is 1.68. The predicted molar refractivity (Wildman–Crippen MR) is 87.8 cm³/mol. The van der Waals surface area contributed by atoms with Gasteiger partial charge in [-0.25, -0.2) is 0 Å². The monoisotopic (exact) mass is 365 g/mol. The van der Waals surface area contributed by atoms with Crippen LogP contribution >= 0.6 is 15.9 Å². The fourth-order valence-electron chi connectivity index (χ4n) is 1.41. The van der Waals surface area contributed by atoms with E-state index in [9.17, 15) is 4.79 Å². The Labute approximate surface area is 138 Å². The van der Waals surface area contributed by atoms with Gasteiger partial charge in [0.05, 0.1) is 0 Å². The summed E-state index contributed by atoms with van der Waals surface area (Å²) in [6.45, 7) is 5.73. The number of ether oxygens (including phenoxy) is 1. The second-order valence-corrected chi connectivity index (χ2v) is 6.26. The number of nitrogens with one attached hydrogen (secondary N) is 2. The van der Waals surface area contributed by atoms with Gasteiger partial charge in [0.15, 0.2) is 0 Å². The average molecular weight is 366 g/mol. The number of hydrogen-bond donors (Lipinski definition) is 2. The van der Waals surface area contributed by atoms with Gasteiger partial charge in [-0.3, -0.25) is 0 Å². The van der Waals surface area contributed by atoms with Crippen LogP contribution in [0.2, 0.25) is 0 Å². The van der Waals surface area contributed by atoms with E-state index in [0.29, 0.717) is 6.54 Å². The molecular weight excluding hydrogens is 349 g/mol. The fraction of sp³-hybridized carbons (Fsp3) is 0.357. The quantitative estimate of drug-likeness (QED) is 0.617. The third kappa shape index (κ3) is 7.69. The maximum absolute atomic E-state index is 11.7. The van der Waals surface area contributed by atoms with Gasteiger partial charge < -0.3 is 0 Å². The number of halogens is 1. The summed E-state index contributed by atoms with van der Waals surface area (Å²) in [5.41, 5.74) is 0.618. The summed E-state index contributed by atoms with van der Waals surface area (Å²) in [7, 11) is 1.11. The molecule has 1 rings (SSSR count). The van der Waals surface area contributed by atoms with E-state index in [1.54, 1.807) is 20.8 Å². The van der Waals surface area contributed by atoms with Gasteiger partial charge >= 0.3 is 138 Å². The molecule has 0 heterocycles. The Kier molecular flexibility index (Phi) is 6.92. The number of carbonyl (C=O) groups is 1. The van der Waals surface area contributed by atoms with Crippen LogP contribution in [0, 0.1) is 11.5 Å². The van der Waals surface area contributed by atoms with Crippen molar-refractivity contribution >= 4 is 34.9 Å². The zero-order chi connectivity index (χ0) is 16.6. The van der Waals surface area contributed by atoms with Crippen LogP contribution < -0.4 is 10.6 Å². The number of benzene rings is 1. The van der Waals surface area contributed by atoms with Crippen molar-refractivity contribution in [1.82, 2.24) is 10.6 Å². The van der Waals surface area contributed by atoms with E-state index in [2.05, 4.69) is 31.2 Å². The summed E-state index contributed by atoms with van der Waals surface area (Å²) in [6, 6.07) is 7.67. The molecule has 22 heavy (non-hydrogen) atoms. The number of amides is 1. The normalized spacial score (nSPS) is 11.0. The molecule has 1 aromatic rings. The third-order valence-electron chi connectivity index (χ3n) is 2.26. The number of carbonyl (C=O) groups excluding carboxylic acids is 1. The minimum atomic E-state index is -0.636. The van der Waals surface area contributed by atoms with Crippen molar-refractivity contribution in [3.8, 4) is 6.26 Å². The Morgan fingerprint density at radius 1 is 1.36 bits per heavy atom. The zero-order valence-corrected chi connectivity index (χ0v) is 14.2. The molecule has 0 aliphatic rings. The standard InChI is InChI=1S/C14H17BBrN3O3/c1-14(2,3)22-13(20)19-12(15-21-9-17)18-8-10-4-6-11(16)7-5-10/h4-7,18H,8H2,1-3H3,(H,19,20). The summed E-state index contributed by atoms with van der Waals surface area (Å²) in [5, 5.41) is 13.9. The van der Waals surface area contributed by atoms with Crippen LogP contribution in [0.25, 0.3) is 0 Å². The van der Waals surface area contributed by atoms with E-state index < -0.39 is 11.7 Å². The molecule has 1 aromatic carbocycles. The van der Waals surface area contributed by atoms with E-state index in [4.69, 9.17) is 10.00 Å². The molecule has 8 heteroatoms. The number of alkyl carbamates (subject to hydrolysis) is 1. The SMILES string of the molecule is CC(C)(C)OC(=O)NC(=BOC#N)NCc1ccc(Br)cc1. The van der Waals surface area contributed by atoms with Crippen LogP contribution in [-0.2, 0) is 15.9 Å². The van der Waals surface area contributed by atoms with Crippen LogP contribution in [0.1, 0.15) is 26.3 Å². The second-order valence-electron chi connectivity index (χ2n) is 5.35. The molecule has 0 saturated heterocycles. The Bertz CT molecular complexity index is 576. The Hall–Kier alpha value is -2.01. The van der Waals surface area contributed by atoms with Gasteiger partial charge in [0.1, 0.15) is 0 Å². The van der Waals surface area contributed by atoms with Crippen LogP contribution in [0.15, 0.2) is 28.7 Å². The molecule has 0 bridgehead atoms. The van der Waals surface area contributed by atoms with Crippen LogP contribution in [0.4, 0.5) is 4.79 Å². The van der Waals surface area contributed by atoms with Gasteiger partial charge in [-0.1, -0.05) is 0 Å². The molecule has 0 saturated carbocycles. The van der Waals surface area contributed by atoms with Gasteiger partial charge in [0.25, 0.3) is 0 Å². The molecule has 1 amide bonds. The summed E-state index contributed by atoms with van der Waals surface area (Å²) in [5.74, 6) is 0. The first-order valence-corrected chi connectivity index (χ1v) is 7.32. The molecule has 0 aliphatic carbocycles. The molecule has 0 aliphatic heterocycles. The molecular formula is C14H17BBrN3O3. The summed E-state index contributed by atoms with van der Waals surface area (Å²) in [6.07, 6.45) is 0.875. The molecule has 116 valence electrons. The molecule has 0 spiro atoms. The summed E-state index contributed by atoms with van der Waals surface area (Å²) < 4.78 is 10.7. The first-order chi connectivity index (χ1) is 10.3. The van der Waals surface area contributed by atoms with Gasteiger partial charge in [0, 0.05) is 0 Å². The van der Waals surface area contributed by atoms with Crippen molar-refractivity contribution in [3.05, 3.63) is 34.3 Å². The molecule has 0 atom stereocenters. The van der Waals surface area contributed by atoms with Crippen molar-refractivity contribution in [1.29, 1.82) is 5.26 Å². The molecule has 0 radical (unpaired) electrons. The number of nitriles is 1. The Balaban J connectivity index is 2.63. The van der Waals surface area contributed by atoms with E-state index in [-0.39, 0.29) is 5.71 Å². The molecule has 2 N–H and O–H groups in total. The molecule has 0 fully saturated rings. The predicted octanol–water partition coefficient (Wildman–Crippen LogP) is 2.27. The van der Waals surface area contributed by atoms with E-state index in [1.807, 2.05) is 24.3 Å². The van der Waals surface area contributed by atoms with E-state index >= 15 is 0 Å². The number of nitrogens with zero attached hydrogens (tertiary/aromatic N) is 1. The van der Waals surface area contributed by atoms with Crippen molar-refractivity contribution in [3.63, 3.8) is 0 Å². The van der Waals surface area contributed by atoms with Crippen LogP contribution in [-0.4, -0.2) is 24.5 Å². The van der Waals surface area contributed by atoms with Gasteiger partial charge in [-0.05, 0) is 0 Å². The van der Waals surface area contributed by atoms with E-state index in [0.717, 1.165) is 17.2 Å². The van der Waals surface area contributed by atoms with Gasteiger partial charge in [0.2, 0.25) is 0 Å². The molecule has 0 unspecified atom stereocenters. The van der Waals surface area contributed by atoms with Crippen LogP contribution in [0.3, 0.4) is 0 Å². The number of hydrogen-bond acceptors (Lipinski definition) is 5. The maximum atomic E-state index is 11.7. The zero-order valence-electron chi connectivity index (χ0n) is 12.6. The minimum absolute atomic E-state index is 0.235. The van der Waals surface area contributed by atoms with Crippen molar-refractivity contribution in [2.24, 2.45) is 0 Å². The summed E-state index contributed by atoms with van der Waals surface area (Å²) >= 11 is 3.36. The Morgan fingerprint density at radius 2 is 2.00 bits per heavy atom. The van der Waals surface area contributed by atoms with Gasteiger partial charge in [-0.15, -0.1) is 0 Å². The van der Waals surface area contributed by atoms with E-state index in [1.165, 1.54) is 6.26 Å². The first-order valence-electron chi connectivity index (χ1n) is 6.53. The Morgan fingerprint density at radius 3 is 2.55 bits per heavy atom. The summed E-state index contributed by atoms with van der Waals surface area (Å²) in [4.78, 5) is 11.7. The van der Waals surface area contributed by atoms with Crippen molar-refractivity contribution in [2.45, 2.75) is 32.9 Å². The third-order valence-corrected chi connectivity index (χ3v) is 2.79. The van der Waals surface area contributed by atoms with Gasteiger partial charge in [-0.2, -0.15) is 0 Å². The van der Waals surface area contributed by atoms with Crippen molar-refractivity contribution < 1.29 is 14.2 Å². The van der Waals surface area contributed by atoms with Crippen molar-refractivity contribution in [2.75, 3.05) is 0 Å². The first kappa shape index (κ1) is 18.0. The average Bonchev–Trinajstić information content (AvgIpc) is 2.41. The topological polar surface area (TPSA) is 83.4 Å². The molecule has 6 nitrogen and oxygen atoms in total. The molecule has 0 aromatic heterocycles. The second kappa shape index (κ2) is 8.44.